The SMILES string of the molecule is COC(=O)c1cc2c(F)cc(F)cc2nc1Cl. The monoisotopic (exact) mass is 257 g/mol. The highest BCUT2D eigenvalue weighted by molar-refractivity contribution is 6.32. The molecule has 0 saturated carbocycles. The minimum Gasteiger partial charge on any atom is -0.465 e. The normalized spacial score (nSPS) is 10.6. The molecule has 0 N–H and O–H groups in total. The average molecular weight is 258 g/mol. The zero-order valence-electron chi connectivity index (χ0n) is 8.63. The van der Waals surface area contributed by atoms with Crippen LogP contribution in [0.15, 0.2) is 18.2 Å². The molecule has 0 aliphatic rings. The van der Waals surface area contributed by atoms with Crippen molar-refractivity contribution in [1.82, 2.24) is 4.98 Å². The molecule has 6 heteroatoms. The van der Waals surface area contributed by atoms with Crippen molar-refractivity contribution in [2.24, 2.45) is 0 Å². The van der Waals surface area contributed by atoms with Crippen LogP contribution in [0.3, 0.4) is 0 Å². The number of ether oxygens (including phenoxy) is 1. The number of hydrogen-bond donors (Lipinski definition) is 0. The Kier molecular flexibility index (Phi) is 2.93. The van der Waals surface area contributed by atoms with Gasteiger partial charge in [0.15, 0.2) is 0 Å². The van der Waals surface area contributed by atoms with Crippen LogP contribution in [0, 0.1) is 11.6 Å². The van der Waals surface area contributed by atoms with E-state index in [1.165, 1.54) is 13.2 Å². The van der Waals surface area contributed by atoms with Crippen molar-refractivity contribution in [3.05, 3.63) is 40.6 Å². The number of hydrogen-bond acceptors (Lipinski definition) is 3. The smallest absolute Gasteiger partial charge is 0.341 e. The number of nitrogens with zero attached hydrogens (tertiary/aromatic N) is 1. The van der Waals surface area contributed by atoms with Gasteiger partial charge in [0.2, 0.25) is 0 Å². The van der Waals surface area contributed by atoms with Gasteiger partial charge in [0.1, 0.15) is 16.8 Å². The molecule has 3 nitrogen and oxygen atoms in total. The van der Waals surface area contributed by atoms with Crippen molar-refractivity contribution in [1.29, 1.82) is 0 Å². The van der Waals surface area contributed by atoms with E-state index in [2.05, 4.69) is 9.72 Å². The number of benzene rings is 1. The molecule has 0 radical (unpaired) electrons. The Morgan fingerprint density at radius 1 is 1.35 bits per heavy atom. The summed E-state index contributed by atoms with van der Waals surface area (Å²) < 4.78 is 30.9. The van der Waals surface area contributed by atoms with E-state index in [-0.39, 0.29) is 21.6 Å². The summed E-state index contributed by atoms with van der Waals surface area (Å²) in [7, 11) is 1.17. The van der Waals surface area contributed by atoms with E-state index in [4.69, 9.17) is 11.6 Å². The van der Waals surface area contributed by atoms with Crippen LogP contribution >= 0.6 is 11.6 Å². The minimum absolute atomic E-state index is 0.0104. The number of aromatic nitrogens is 1. The molecule has 0 unspecified atom stereocenters. The third kappa shape index (κ3) is 2.06. The number of pyridine rings is 1. The standard InChI is InChI=1S/C11H6ClF2NO2/c1-17-11(16)7-4-6-8(14)2-5(13)3-9(6)15-10(7)12/h2-4H,1H3. The van der Waals surface area contributed by atoms with Gasteiger partial charge in [0, 0.05) is 17.5 Å². The van der Waals surface area contributed by atoms with Crippen molar-refractivity contribution in [3.8, 4) is 0 Å². The summed E-state index contributed by atoms with van der Waals surface area (Å²) in [6.07, 6.45) is 0. The molecular formula is C11H6ClF2NO2. The number of methoxy groups -OCH3 is 1. The summed E-state index contributed by atoms with van der Waals surface area (Å²) in [6, 6.07) is 2.93. The topological polar surface area (TPSA) is 39.2 Å². The van der Waals surface area contributed by atoms with Crippen LogP contribution < -0.4 is 0 Å². The Labute approximate surface area is 100.0 Å². The van der Waals surface area contributed by atoms with Gasteiger partial charge in [-0.3, -0.25) is 0 Å². The van der Waals surface area contributed by atoms with E-state index in [1.807, 2.05) is 0 Å². The second-order valence-corrected chi connectivity index (χ2v) is 3.63. The molecule has 17 heavy (non-hydrogen) atoms. The second kappa shape index (κ2) is 4.25. The minimum atomic E-state index is -0.811. The van der Waals surface area contributed by atoms with Crippen LogP contribution in [-0.4, -0.2) is 18.1 Å². The molecule has 0 fully saturated rings. The van der Waals surface area contributed by atoms with Gasteiger partial charge in [0.05, 0.1) is 18.2 Å². The maximum atomic E-state index is 13.5. The van der Waals surface area contributed by atoms with Crippen LogP contribution in [0.25, 0.3) is 10.9 Å². The van der Waals surface area contributed by atoms with Crippen molar-refractivity contribution in [3.63, 3.8) is 0 Å². The van der Waals surface area contributed by atoms with Gasteiger partial charge in [-0.05, 0) is 6.07 Å². The Morgan fingerprint density at radius 3 is 2.71 bits per heavy atom. The molecule has 0 atom stereocenters. The summed E-state index contributed by atoms with van der Waals surface area (Å²) >= 11 is 5.72. The first kappa shape index (κ1) is 11.7. The van der Waals surface area contributed by atoms with Crippen LogP contribution in [0.2, 0.25) is 5.15 Å². The third-order valence-electron chi connectivity index (χ3n) is 2.21. The fraction of sp³-hybridized carbons (Fsp3) is 0.0909. The highest BCUT2D eigenvalue weighted by atomic mass is 35.5. The van der Waals surface area contributed by atoms with E-state index >= 15 is 0 Å². The lowest BCUT2D eigenvalue weighted by Crippen LogP contribution is -2.04. The molecule has 1 aromatic carbocycles. The number of fused-ring (bicyclic) bond motifs is 1. The van der Waals surface area contributed by atoms with Crippen LogP contribution in [0.5, 0.6) is 0 Å². The average Bonchev–Trinajstić information content (AvgIpc) is 2.27. The number of carbonyl (C=O) groups is 1. The zero-order valence-corrected chi connectivity index (χ0v) is 9.39. The van der Waals surface area contributed by atoms with Crippen molar-refractivity contribution < 1.29 is 18.3 Å². The fourth-order valence-corrected chi connectivity index (χ4v) is 1.65. The first-order chi connectivity index (χ1) is 8.02. The Bertz CT molecular complexity index is 616. The maximum absolute atomic E-state index is 13.5. The van der Waals surface area contributed by atoms with Crippen LogP contribution in [0.4, 0.5) is 8.78 Å². The maximum Gasteiger partial charge on any atom is 0.341 e. The molecule has 88 valence electrons. The van der Waals surface area contributed by atoms with Gasteiger partial charge < -0.3 is 4.74 Å². The molecule has 0 saturated heterocycles. The van der Waals surface area contributed by atoms with Crippen LogP contribution in [0.1, 0.15) is 10.4 Å². The first-order valence-corrected chi connectivity index (χ1v) is 4.94. The lowest BCUT2D eigenvalue weighted by molar-refractivity contribution is 0.0600. The highest BCUT2D eigenvalue weighted by Gasteiger charge is 2.15. The predicted molar refractivity (Wildman–Crippen MR) is 58.0 cm³/mol. The molecule has 1 aromatic heterocycles. The molecule has 2 rings (SSSR count). The zero-order chi connectivity index (χ0) is 12.6. The van der Waals surface area contributed by atoms with Crippen molar-refractivity contribution in [2.45, 2.75) is 0 Å². The number of rotatable bonds is 1. The molecule has 1 heterocycles. The van der Waals surface area contributed by atoms with E-state index < -0.39 is 17.6 Å². The lowest BCUT2D eigenvalue weighted by atomic mass is 10.1. The number of esters is 1. The van der Waals surface area contributed by atoms with Crippen molar-refractivity contribution in [2.75, 3.05) is 7.11 Å². The Morgan fingerprint density at radius 2 is 2.06 bits per heavy atom. The van der Waals surface area contributed by atoms with Gasteiger partial charge >= 0.3 is 5.97 Å². The summed E-state index contributed by atoms with van der Waals surface area (Å²) in [6.45, 7) is 0. The molecule has 0 aliphatic carbocycles. The van der Waals surface area contributed by atoms with Crippen LogP contribution in [-0.2, 0) is 4.74 Å². The fourth-order valence-electron chi connectivity index (χ4n) is 1.43. The molecular weight excluding hydrogens is 252 g/mol. The summed E-state index contributed by atoms with van der Waals surface area (Å²) in [5.41, 5.74) is -0.0210. The molecule has 2 aromatic rings. The van der Waals surface area contributed by atoms with Gasteiger partial charge in [-0.1, -0.05) is 11.6 Å². The summed E-state index contributed by atoms with van der Waals surface area (Å²) in [4.78, 5) is 15.1. The molecule has 0 bridgehead atoms. The van der Waals surface area contributed by atoms with Gasteiger partial charge in [0.25, 0.3) is 0 Å². The highest BCUT2D eigenvalue weighted by Crippen LogP contribution is 2.24. The number of halogens is 3. The predicted octanol–water partition coefficient (Wildman–Crippen LogP) is 2.95. The first-order valence-electron chi connectivity index (χ1n) is 4.56. The molecule has 0 spiro atoms. The van der Waals surface area contributed by atoms with Gasteiger partial charge in [-0.25, -0.2) is 18.6 Å². The Balaban J connectivity index is 2.76. The molecule has 0 aliphatic heterocycles. The van der Waals surface area contributed by atoms with Gasteiger partial charge in [-0.15, -0.1) is 0 Å². The summed E-state index contributed by atoms with van der Waals surface area (Å²) in [5, 5.41) is -0.148. The largest absolute Gasteiger partial charge is 0.465 e. The number of carbonyl (C=O) groups excluding carboxylic acids is 1. The summed E-state index contributed by atoms with van der Waals surface area (Å²) in [5.74, 6) is -2.30. The van der Waals surface area contributed by atoms with E-state index in [0.29, 0.717) is 6.07 Å². The van der Waals surface area contributed by atoms with Crippen molar-refractivity contribution >= 4 is 28.5 Å². The van der Waals surface area contributed by atoms with E-state index in [1.54, 1.807) is 0 Å². The second-order valence-electron chi connectivity index (χ2n) is 3.27. The lowest BCUT2D eigenvalue weighted by Gasteiger charge is -2.05. The van der Waals surface area contributed by atoms with E-state index in [0.717, 1.165) is 6.07 Å². The third-order valence-corrected chi connectivity index (χ3v) is 2.50. The van der Waals surface area contributed by atoms with Gasteiger partial charge in [-0.2, -0.15) is 0 Å². The van der Waals surface area contributed by atoms with E-state index in [9.17, 15) is 13.6 Å². The quantitative estimate of drug-likeness (QED) is 0.582. The Hall–Kier alpha value is -1.75. The molecule has 0 amide bonds.